The van der Waals surface area contributed by atoms with Gasteiger partial charge in [0.1, 0.15) is 17.5 Å². The number of hydrogen-bond acceptors (Lipinski definition) is 5. The predicted molar refractivity (Wildman–Crippen MR) is 70.4 cm³/mol. The molecule has 1 amide bonds. The fraction of sp³-hybridized carbons (Fsp3) is 0.583. The third-order valence-electron chi connectivity index (χ3n) is 3.08. The van der Waals surface area contributed by atoms with Gasteiger partial charge in [0.2, 0.25) is 5.91 Å². The molecular weight excluding hydrogens is 230 g/mol. The van der Waals surface area contributed by atoms with Gasteiger partial charge in [0.05, 0.1) is 6.54 Å². The number of nitrogens with zero attached hydrogens (tertiary/aromatic N) is 3. The van der Waals surface area contributed by atoms with E-state index in [4.69, 9.17) is 5.73 Å². The highest BCUT2D eigenvalue weighted by molar-refractivity contribution is 5.81. The summed E-state index contributed by atoms with van der Waals surface area (Å²) in [5, 5.41) is 2.85. The number of nitrogens with two attached hydrogens (primary N) is 1. The molecule has 0 aliphatic carbocycles. The van der Waals surface area contributed by atoms with Gasteiger partial charge in [-0.3, -0.25) is 4.79 Å². The van der Waals surface area contributed by atoms with Crippen molar-refractivity contribution in [1.82, 2.24) is 15.3 Å². The molecule has 98 valence electrons. The van der Waals surface area contributed by atoms with Crippen LogP contribution in [0.3, 0.4) is 0 Å². The first kappa shape index (κ1) is 12.6. The van der Waals surface area contributed by atoms with Crippen molar-refractivity contribution in [3.8, 4) is 0 Å². The second kappa shape index (κ2) is 5.20. The third kappa shape index (κ3) is 2.52. The lowest BCUT2D eigenvalue weighted by molar-refractivity contribution is -0.119. The van der Waals surface area contributed by atoms with Crippen LogP contribution in [0.2, 0.25) is 0 Å². The first-order valence-corrected chi connectivity index (χ1v) is 6.26. The molecule has 0 bridgehead atoms. The van der Waals surface area contributed by atoms with Crippen molar-refractivity contribution >= 4 is 17.5 Å². The van der Waals surface area contributed by atoms with Crippen LogP contribution in [-0.2, 0) is 11.2 Å². The molecule has 1 aliphatic heterocycles. The molecule has 0 unspecified atom stereocenters. The Morgan fingerprint density at radius 2 is 2.22 bits per heavy atom. The van der Waals surface area contributed by atoms with Gasteiger partial charge in [-0.1, -0.05) is 6.92 Å². The molecule has 1 saturated heterocycles. The van der Waals surface area contributed by atoms with E-state index < -0.39 is 0 Å². The smallest absolute Gasteiger partial charge is 0.239 e. The quantitative estimate of drug-likeness (QED) is 0.785. The summed E-state index contributed by atoms with van der Waals surface area (Å²) in [6.45, 7) is 5.74. The number of rotatable bonds is 2. The largest absolute Gasteiger partial charge is 0.383 e. The lowest BCUT2D eigenvalue weighted by Gasteiger charge is -2.23. The number of nitrogens with one attached hydrogen (secondary N) is 1. The molecule has 1 aromatic heterocycles. The average molecular weight is 249 g/mol. The van der Waals surface area contributed by atoms with Crippen LogP contribution < -0.4 is 16.0 Å². The van der Waals surface area contributed by atoms with Crippen molar-refractivity contribution in [2.45, 2.75) is 26.7 Å². The minimum absolute atomic E-state index is 0.0298. The number of aromatic nitrogens is 2. The fourth-order valence-corrected chi connectivity index (χ4v) is 2.02. The van der Waals surface area contributed by atoms with Gasteiger partial charge in [-0.05, 0) is 13.3 Å². The number of carbonyl (C=O) groups is 1. The molecule has 0 aromatic carbocycles. The van der Waals surface area contributed by atoms with E-state index >= 15 is 0 Å². The lowest BCUT2D eigenvalue weighted by atomic mass is 10.2. The Hall–Kier alpha value is -1.85. The van der Waals surface area contributed by atoms with E-state index in [-0.39, 0.29) is 5.91 Å². The maximum absolute atomic E-state index is 11.6. The number of nitrogen functional groups attached to an aromatic ring is 1. The monoisotopic (exact) mass is 249 g/mol. The summed E-state index contributed by atoms with van der Waals surface area (Å²) in [7, 11) is 0. The van der Waals surface area contributed by atoms with Crippen molar-refractivity contribution in [2.24, 2.45) is 0 Å². The van der Waals surface area contributed by atoms with Crippen molar-refractivity contribution in [3.05, 3.63) is 11.4 Å². The van der Waals surface area contributed by atoms with Crippen LogP contribution in [0.15, 0.2) is 0 Å². The van der Waals surface area contributed by atoms with E-state index in [1.807, 2.05) is 18.7 Å². The van der Waals surface area contributed by atoms with E-state index in [0.29, 0.717) is 12.4 Å². The van der Waals surface area contributed by atoms with Crippen LogP contribution in [0.4, 0.5) is 11.6 Å². The molecule has 18 heavy (non-hydrogen) atoms. The van der Waals surface area contributed by atoms with Crippen LogP contribution in [0, 0.1) is 6.92 Å². The molecular formula is C12H19N5O. The van der Waals surface area contributed by atoms with Gasteiger partial charge in [-0.15, -0.1) is 0 Å². The maximum Gasteiger partial charge on any atom is 0.239 e. The highest BCUT2D eigenvalue weighted by atomic mass is 16.2. The van der Waals surface area contributed by atoms with Crippen molar-refractivity contribution in [2.75, 3.05) is 30.3 Å². The molecule has 1 fully saturated rings. The minimum atomic E-state index is 0.0298. The van der Waals surface area contributed by atoms with Crippen molar-refractivity contribution in [1.29, 1.82) is 0 Å². The van der Waals surface area contributed by atoms with Crippen LogP contribution in [0.5, 0.6) is 0 Å². The molecule has 6 nitrogen and oxygen atoms in total. The van der Waals surface area contributed by atoms with Crippen molar-refractivity contribution in [3.63, 3.8) is 0 Å². The highest BCUT2D eigenvalue weighted by Gasteiger charge is 2.19. The Labute approximate surface area is 107 Å². The van der Waals surface area contributed by atoms with Gasteiger partial charge in [0.15, 0.2) is 0 Å². The Morgan fingerprint density at radius 1 is 1.44 bits per heavy atom. The molecule has 0 atom stereocenters. The van der Waals surface area contributed by atoms with Gasteiger partial charge in [0.25, 0.3) is 0 Å². The average Bonchev–Trinajstić information content (AvgIpc) is 2.57. The summed E-state index contributed by atoms with van der Waals surface area (Å²) in [6, 6.07) is 0. The molecule has 0 saturated carbocycles. The van der Waals surface area contributed by atoms with Crippen LogP contribution >= 0.6 is 0 Å². The van der Waals surface area contributed by atoms with Gasteiger partial charge in [0, 0.05) is 25.1 Å². The van der Waals surface area contributed by atoms with Crippen molar-refractivity contribution < 1.29 is 4.79 Å². The lowest BCUT2D eigenvalue weighted by Crippen LogP contribution is -2.34. The minimum Gasteiger partial charge on any atom is -0.383 e. The molecule has 6 heteroatoms. The molecule has 1 aromatic rings. The third-order valence-corrected chi connectivity index (χ3v) is 3.08. The number of carbonyl (C=O) groups excluding carboxylic acids is 1. The Bertz CT molecular complexity index is 460. The second-order valence-corrected chi connectivity index (χ2v) is 4.45. The Morgan fingerprint density at radius 3 is 2.94 bits per heavy atom. The number of amides is 1. The zero-order chi connectivity index (χ0) is 13.1. The summed E-state index contributed by atoms with van der Waals surface area (Å²) >= 11 is 0. The second-order valence-electron chi connectivity index (χ2n) is 4.45. The summed E-state index contributed by atoms with van der Waals surface area (Å²) in [6.07, 6.45) is 1.65. The molecule has 1 aliphatic rings. The predicted octanol–water partition coefficient (Wildman–Crippen LogP) is 0.256. The zero-order valence-electron chi connectivity index (χ0n) is 10.9. The van der Waals surface area contributed by atoms with Gasteiger partial charge in [-0.2, -0.15) is 0 Å². The fourth-order valence-electron chi connectivity index (χ4n) is 2.02. The van der Waals surface area contributed by atoms with Gasteiger partial charge >= 0.3 is 0 Å². The normalized spacial score (nSPS) is 16.3. The molecule has 2 rings (SSSR count). The van der Waals surface area contributed by atoms with E-state index in [1.165, 1.54) is 0 Å². The molecule has 0 radical (unpaired) electrons. The van der Waals surface area contributed by atoms with Crippen LogP contribution in [0.1, 0.15) is 24.7 Å². The Kier molecular flexibility index (Phi) is 3.64. The number of hydrogen-bond donors (Lipinski definition) is 2. The highest BCUT2D eigenvalue weighted by Crippen LogP contribution is 2.22. The Balaban J connectivity index is 2.36. The first-order chi connectivity index (χ1) is 8.61. The standard InChI is InChI=1S/C12H19N5O/c1-3-9-15-11(13)8(2)12(16-9)17-6-4-5-14-10(18)7-17/h3-7H2,1-2H3,(H,14,18)(H2,13,15,16). The zero-order valence-corrected chi connectivity index (χ0v) is 10.9. The maximum atomic E-state index is 11.6. The van der Waals surface area contributed by atoms with Gasteiger partial charge < -0.3 is 16.0 Å². The summed E-state index contributed by atoms with van der Waals surface area (Å²) in [5.74, 6) is 2.04. The molecule has 0 spiro atoms. The van der Waals surface area contributed by atoms with E-state index in [0.717, 1.165) is 43.1 Å². The summed E-state index contributed by atoms with van der Waals surface area (Å²) in [4.78, 5) is 22.3. The summed E-state index contributed by atoms with van der Waals surface area (Å²) in [5.41, 5.74) is 6.75. The molecule has 3 N–H and O–H groups in total. The number of aryl methyl sites for hydroxylation is 1. The van der Waals surface area contributed by atoms with Crippen LogP contribution in [-0.4, -0.2) is 35.5 Å². The van der Waals surface area contributed by atoms with E-state index in [9.17, 15) is 4.79 Å². The summed E-state index contributed by atoms with van der Waals surface area (Å²) < 4.78 is 0. The SMILES string of the molecule is CCc1nc(N)c(C)c(N2CCCNC(=O)C2)n1. The topological polar surface area (TPSA) is 84.1 Å². The number of anilines is 2. The van der Waals surface area contributed by atoms with Crippen LogP contribution in [0.25, 0.3) is 0 Å². The van der Waals surface area contributed by atoms with E-state index in [2.05, 4.69) is 15.3 Å². The van der Waals surface area contributed by atoms with E-state index in [1.54, 1.807) is 0 Å². The molecule has 2 heterocycles. The van der Waals surface area contributed by atoms with Gasteiger partial charge in [-0.25, -0.2) is 9.97 Å². The first-order valence-electron chi connectivity index (χ1n) is 6.26.